The van der Waals surface area contributed by atoms with Crippen molar-refractivity contribution >= 4 is 23.5 Å². The molecule has 0 saturated carbocycles. The van der Waals surface area contributed by atoms with Crippen molar-refractivity contribution in [2.75, 3.05) is 0 Å². The lowest BCUT2D eigenvalue weighted by atomic mass is 10.1. The molecule has 1 heterocycles. The Morgan fingerprint density at radius 1 is 1.26 bits per heavy atom. The predicted molar refractivity (Wildman–Crippen MR) is 116 cm³/mol. The third kappa shape index (κ3) is 5.38. The summed E-state index contributed by atoms with van der Waals surface area (Å²) >= 11 is 5.87. The summed E-state index contributed by atoms with van der Waals surface area (Å²) in [5.41, 5.74) is -2.75. The van der Waals surface area contributed by atoms with E-state index in [2.05, 4.69) is 5.10 Å². The predicted octanol–water partition coefficient (Wildman–Crippen LogP) is 5.28. The summed E-state index contributed by atoms with van der Waals surface area (Å²) < 4.78 is 90.1. The van der Waals surface area contributed by atoms with Crippen LogP contribution in [0.2, 0.25) is 5.02 Å². The number of aliphatic hydroxyl groups is 1. The van der Waals surface area contributed by atoms with E-state index in [4.69, 9.17) is 16.3 Å². The van der Waals surface area contributed by atoms with E-state index in [-0.39, 0.29) is 17.4 Å². The maximum absolute atomic E-state index is 15.1. The lowest BCUT2D eigenvalue weighted by Gasteiger charge is -2.20. The van der Waals surface area contributed by atoms with E-state index in [0.29, 0.717) is 29.8 Å². The Morgan fingerprint density at radius 3 is 2.49 bits per heavy atom. The monoisotopic (exact) mass is 521 g/mol. The van der Waals surface area contributed by atoms with E-state index in [1.807, 2.05) is 0 Å². The van der Waals surface area contributed by atoms with E-state index >= 15 is 8.78 Å². The van der Waals surface area contributed by atoms with Crippen LogP contribution in [0.15, 0.2) is 35.1 Å². The van der Waals surface area contributed by atoms with Gasteiger partial charge in [0.25, 0.3) is 0 Å². The molecule has 1 N–H and O–H groups in total. The van der Waals surface area contributed by atoms with Crippen molar-refractivity contribution in [3.05, 3.63) is 74.4 Å². The van der Waals surface area contributed by atoms with Gasteiger partial charge in [-0.3, -0.25) is 4.57 Å². The molecule has 0 amide bonds. The zero-order valence-electron chi connectivity index (χ0n) is 18.2. The molecule has 3 aromatic rings. The zero-order chi connectivity index (χ0) is 26.1. The first kappa shape index (κ1) is 26.4. The van der Waals surface area contributed by atoms with Crippen LogP contribution in [0.1, 0.15) is 30.8 Å². The standard InChI is InChI=1S/C22H18ClF6N3O3/c1-3-31-20(10-33)30-32(21(31)34)18-9-19(35-11(2)22(27,28)29)13(8-17(18)26)16(25)7-12-14(23)5-4-6-15(12)24/h4-9,11,33H,3,10H2,1-2H3/b16-7-/t11-/m0/s1. The maximum atomic E-state index is 15.1. The van der Waals surface area contributed by atoms with Gasteiger partial charge in [-0.25, -0.2) is 18.0 Å². The van der Waals surface area contributed by atoms with Crippen molar-refractivity contribution < 1.29 is 36.2 Å². The van der Waals surface area contributed by atoms with Gasteiger partial charge in [0.2, 0.25) is 0 Å². The lowest BCUT2D eigenvalue weighted by molar-refractivity contribution is -0.189. The number of hydrogen-bond acceptors (Lipinski definition) is 4. The summed E-state index contributed by atoms with van der Waals surface area (Å²) in [7, 11) is 0. The van der Waals surface area contributed by atoms with Crippen molar-refractivity contribution in [1.82, 2.24) is 14.3 Å². The summed E-state index contributed by atoms with van der Waals surface area (Å²) in [4.78, 5) is 12.6. The Morgan fingerprint density at radius 2 is 1.94 bits per heavy atom. The van der Waals surface area contributed by atoms with Crippen LogP contribution in [0, 0.1) is 11.6 Å². The second-order valence-corrected chi connectivity index (χ2v) is 7.65. The Hall–Kier alpha value is -3.25. The molecule has 188 valence electrons. The minimum Gasteiger partial charge on any atom is -0.480 e. The Kier molecular flexibility index (Phi) is 7.65. The summed E-state index contributed by atoms with van der Waals surface area (Å²) in [5.74, 6) is -4.45. The van der Waals surface area contributed by atoms with Gasteiger partial charge in [-0.15, -0.1) is 5.10 Å². The molecule has 0 fully saturated rings. The molecule has 13 heteroatoms. The van der Waals surface area contributed by atoms with Crippen LogP contribution in [0.5, 0.6) is 5.75 Å². The fraction of sp³-hybridized carbons (Fsp3) is 0.273. The number of rotatable bonds is 7. The highest BCUT2D eigenvalue weighted by molar-refractivity contribution is 6.32. The molecule has 1 atom stereocenters. The average molecular weight is 522 g/mol. The highest BCUT2D eigenvalue weighted by Crippen LogP contribution is 2.36. The van der Waals surface area contributed by atoms with Crippen LogP contribution < -0.4 is 10.4 Å². The van der Waals surface area contributed by atoms with Gasteiger partial charge in [-0.2, -0.15) is 17.9 Å². The quantitative estimate of drug-likeness (QED) is 0.339. The highest BCUT2D eigenvalue weighted by Gasteiger charge is 2.39. The molecule has 0 aliphatic carbocycles. The third-order valence-electron chi connectivity index (χ3n) is 4.97. The molecule has 0 unspecified atom stereocenters. The van der Waals surface area contributed by atoms with Gasteiger partial charge in [-0.05, 0) is 38.1 Å². The molecular weight excluding hydrogens is 504 g/mol. The molecule has 2 aromatic carbocycles. The van der Waals surface area contributed by atoms with Crippen molar-refractivity contribution in [3.8, 4) is 11.4 Å². The summed E-state index contributed by atoms with van der Waals surface area (Å²) in [5, 5.41) is 13.0. The van der Waals surface area contributed by atoms with E-state index in [9.17, 15) is 27.5 Å². The van der Waals surface area contributed by atoms with Gasteiger partial charge in [0.1, 0.15) is 35.5 Å². The fourth-order valence-corrected chi connectivity index (χ4v) is 3.35. The van der Waals surface area contributed by atoms with Gasteiger partial charge < -0.3 is 9.84 Å². The molecule has 0 saturated heterocycles. The zero-order valence-corrected chi connectivity index (χ0v) is 19.0. The van der Waals surface area contributed by atoms with Crippen LogP contribution in [-0.4, -0.2) is 31.7 Å². The molecule has 0 bridgehead atoms. The number of halogens is 7. The third-order valence-corrected chi connectivity index (χ3v) is 5.30. The number of alkyl halides is 3. The molecule has 0 aliphatic rings. The van der Waals surface area contributed by atoms with Crippen molar-refractivity contribution in [1.29, 1.82) is 0 Å². The van der Waals surface area contributed by atoms with Gasteiger partial charge in [0, 0.05) is 18.2 Å². The second kappa shape index (κ2) is 10.2. The highest BCUT2D eigenvalue weighted by atomic mass is 35.5. The van der Waals surface area contributed by atoms with Crippen LogP contribution in [0.4, 0.5) is 26.3 Å². The second-order valence-electron chi connectivity index (χ2n) is 7.24. The van der Waals surface area contributed by atoms with Crippen molar-refractivity contribution in [3.63, 3.8) is 0 Å². The first-order valence-electron chi connectivity index (χ1n) is 10.1. The Bertz CT molecular complexity index is 1310. The molecule has 1 aromatic heterocycles. The maximum Gasteiger partial charge on any atom is 0.425 e. The minimum absolute atomic E-state index is 0.0592. The SMILES string of the molecule is CCn1c(CO)nn(-c2cc(O[C@@H](C)C(F)(F)F)c(/C(F)=C/c3c(F)cccc3Cl)cc2F)c1=O. The Balaban J connectivity index is 2.24. The number of nitrogens with zero attached hydrogens (tertiary/aromatic N) is 3. The number of ether oxygens (including phenoxy) is 1. The topological polar surface area (TPSA) is 69.3 Å². The number of hydrogen-bond donors (Lipinski definition) is 1. The molecule has 0 spiro atoms. The van der Waals surface area contributed by atoms with E-state index in [1.54, 1.807) is 6.92 Å². The van der Waals surface area contributed by atoms with Crippen LogP contribution in [-0.2, 0) is 13.2 Å². The molecule has 0 aliphatic heterocycles. The van der Waals surface area contributed by atoms with Gasteiger partial charge in [0.15, 0.2) is 11.9 Å². The fourth-order valence-electron chi connectivity index (χ4n) is 3.13. The van der Waals surface area contributed by atoms with E-state index < -0.39 is 64.6 Å². The molecule has 6 nitrogen and oxygen atoms in total. The summed E-state index contributed by atoms with van der Waals surface area (Å²) in [6.07, 6.45) is -6.74. The van der Waals surface area contributed by atoms with Crippen molar-refractivity contribution in [2.45, 2.75) is 39.3 Å². The first-order chi connectivity index (χ1) is 16.4. The van der Waals surface area contributed by atoms with Crippen LogP contribution in [0.25, 0.3) is 17.6 Å². The smallest absolute Gasteiger partial charge is 0.425 e. The molecule has 0 radical (unpaired) electrons. The molecule has 35 heavy (non-hydrogen) atoms. The lowest BCUT2D eigenvalue weighted by Crippen LogP contribution is -2.31. The summed E-state index contributed by atoms with van der Waals surface area (Å²) in [6, 6.07) is 4.65. The normalized spacial score (nSPS) is 13.3. The van der Waals surface area contributed by atoms with Gasteiger partial charge in [-0.1, -0.05) is 17.7 Å². The number of benzene rings is 2. The minimum atomic E-state index is -4.87. The molecular formula is C22H18ClF6N3O3. The van der Waals surface area contributed by atoms with E-state index in [1.165, 1.54) is 12.1 Å². The van der Waals surface area contributed by atoms with Crippen LogP contribution >= 0.6 is 11.6 Å². The van der Waals surface area contributed by atoms with E-state index in [0.717, 1.165) is 10.6 Å². The summed E-state index contributed by atoms with van der Waals surface area (Å²) in [6.45, 7) is 1.58. The largest absolute Gasteiger partial charge is 0.480 e. The first-order valence-corrected chi connectivity index (χ1v) is 10.4. The average Bonchev–Trinajstić information content (AvgIpc) is 3.11. The molecule has 3 rings (SSSR count). The van der Waals surface area contributed by atoms with Crippen molar-refractivity contribution in [2.24, 2.45) is 0 Å². The number of aromatic nitrogens is 3. The Labute approximate surface area is 199 Å². The van der Waals surface area contributed by atoms with Gasteiger partial charge in [0.05, 0.1) is 10.6 Å². The van der Waals surface area contributed by atoms with Gasteiger partial charge >= 0.3 is 11.9 Å². The van der Waals surface area contributed by atoms with Crippen LogP contribution in [0.3, 0.4) is 0 Å². The number of aliphatic hydroxyl groups excluding tert-OH is 1.